The van der Waals surface area contributed by atoms with Gasteiger partial charge in [0.15, 0.2) is 0 Å². The number of carbonyl (C=O) groups excluding carboxylic acids is 1. The second kappa shape index (κ2) is 19.0. The topological polar surface area (TPSA) is 122 Å². The van der Waals surface area contributed by atoms with Gasteiger partial charge in [0.1, 0.15) is 35.8 Å². The molecule has 12 nitrogen and oxygen atoms in total. The fraction of sp³-hybridized carbons (Fsp3) is 0.340. The molecule has 1 spiro atoms. The van der Waals surface area contributed by atoms with Crippen LogP contribution >= 0.6 is 0 Å². The average Bonchev–Trinajstić information content (AvgIpc) is 3.48. The van der Waals surface area contributed by atoms with Crippen molar-refractivity contribution in [3.05, 3.63) is 168 Å². The van der Waals surface area contributed by atoms with Gasteiger partial charge < -0.3 is 33.2 Å². The van der Waals surface area contributed by atoms with Crippen molar-refractivity contribution in [2.45, 2.75) is 82.9 Å². The van der Waals surface area contributed by atoms with Crippen molar-refractivity contribution >= 4 is 22.0 Å². The van der Waals surface area contributed by atoms with E-state index in [1.54, 1.807) is 45.0 Å². The third-order valence-electron chi connectivity index (χ3n) is 10.2. The minimum atomic E-state index is -4.74. The summed E-state index contributed by atoms with van der Waals surface area (Å²) in [5.41, 5.74) is 0.601. The van der Waals surface area contributed by atoms with Gasteiger partial charge in [-0.05, 0) is 67.3 Å². The van der Waals surface area contributed by atoms with Gasteiger partial charge >= 0.3 is 16.3 Å². The van der Waals surface area contributed by atoms with Crippen molar-refractivity contribution < 1.29 is 46.4 Å². The molecule has 0 aliphatic carbocycles. The first kappa shape index (κ1) is 42.8. The summed E-state index contributed by atoms with van der Waals surface area (Å²) in [7, 11) is -3.21. The van der Waals surface area contributed by atoms with E-state index in [2.05, 4.69) is 0 Å². The number of hydrogen-bond donors (Lipinski definition) is 0. The maximum absolute atomic E-state index is 15.1. The van der Waals surface area contributed by atoms with E-state index in [-0.39, 0.29) is 45.3 Å². The highest BCUT2D eigenvalue weighted by atomic mass is 32.2. The van der Waals surface area contributed by atoms with Crippen LogP contribution in [0.25, 0.3) is 0 Å². The van der Waals surface area contributed by atoms with Crippen molar-refractivity contribution in [1.29, 1.82) is 0 Å². The lowest BCUT2D eigenvalue weighted by atomic mass is 9.89. The molecule has 2 fully saturated rings. The van der Waals surface area contributed by atoms with Gasteiger partial charge in [-0.15, -0.1) is 0 Å². The number of rotatable bonds is 15. The molecule has 0 saturated carbocycles. The SMILES string of the molecule is COc1ccc(N2C[C@@]3(O[C@H](COCc4ccccc4)[C@@H](OCc4ccccc4)[C@H](OCc4ccccc4)[C@H]3OCc3ccccc3)N(C(=O)OC(C)(C)C)S2(=O)=O)cc1. The molecule has 316 valence electrons. The summed E-state index contributed by atoms with van der Waals surface area (Å²) in [6.07, 6.45) is -5.34. The Hall–Kier alpha value is -5.28. The Morgan fingerprint density at radius 3 is 1.62 bits per heavy atom. The van der Waals surface area contributed by atoms with Crippen molar-refractivity contribution in [2.75, 3.05) is 24.6 Å². The second-order valence-electron chi connectivity index (χ2n) is 15.7. The Morgan fingerprint density at radius 1 is 0.667 bits per heavy atom. The number of amides is 1. The normalized spacial score (nSPS) is 22.5. The Balaban J connectivity index is 1.39. The van der Waals surface area contributed by atoms with Crippen LogP contribution in [0.1, 0.15) is 43.0 Å². The molecule has 13 heteroatoms. The molecule has 2 aliphatic rings. The molecule has 60 heavy (non-hydrogen) atoms. The molecule has 2 aliphatic heterocycles. The lowest BCUT2D eigenvalue weighted by molar-refractivity contribution is -0.323. The highest BCUT2D eigenvalue weighted by molar-refractivity contribution is 7.91. The Kier molecular flexibility index (Phi) is 13.5. The van der Waals surface area contributed by atoms with Crippen LogP contribution in [0.15, 0.2) is 146 Å². The quantitative estimate of drug-likeness (QED) is 0.102. The summed E-state index contributed by atoms with van der Waals surface area (Å²) < 4.78 is 77.6. The van der Waals surface area contributed by atoms with Gasteiger partial charge in [0.05, 0.1) is 52.4 Å². The molecule has 0 radical (unpaired) electrons. The minimum absolute atomic E-state index is 0.0210. The standard InChI is InChI=1S/C47H52N2O10S/c1-46(2,3)59-45(50)49-47(34-48(60(49,51)52)39-25-27-40(53-4)28-26-39)44(57-32-38-23-15-8-16-24-38)43(56-31-37-21-13-7-14-22-37)42(55-30-36-19-11-6-12-20-36)41(58-47)33-54-29-35-17-9-5-10-18-35/h5-28,41-44H,29-34H2,1-4H3/t41-,42-,43+,44-,47+/m1/s1. The van der Waals surface area contributed by atoms with Gasteiger partial charge in [0.25, 0.3) is 0 Å². The molecule has 5 atom stereocenters. The van der Waals surface area contributed by atoms with Crippen LogP contribution in [0.2, 0.25) is 0 Å². The third-order valence-corrected chi connectivity index (χ3v) is 12.0. The van der Waals surface area contributed by atoms with Gasteiger partial charge in [-0.2, -0.15) is 12.7 Å². The van der Waals surface area contributed by atoms with Crippen molar-refractivity contribution in [3.8, 4) is 5.75 Å². The number of carbonyl (C=O) groups is 1. The Morgan fingerprint density at radius 2 is 1.13 bits per heavy atom. The van der Waals surface area contributed by atoms with Gasteiger partial charge in [-0.1, -0.05) is 121 Å². The largest absolute Gasteiger partial charge is 0.497 e. The van der Waals surface area contributed by atoms with Crippen LogP contribution < -0.4 is 9.04 Å². The predicted octanol–water partition coefficient (Wildman–Crippen LogP) is 8.07. The van der Waals surface area contributed by atoms with Crippen LogP contribution in [-0.4, -0.2) is 74.8 Å². The maximum Gasteiger partial charge on any atom is 0.428 e. The van der Waals surface area contributed by atoms with Crippen molar-refractivity contribution in [1.82, 2.24) is 4.31 Å². The third kappa shape index (κ3) is 10.0. The van der Waals surface area contributed by atoms with Gasteiger partial charge in [-0.3, -0.25) is 0 Å². The van der Waals surface area contributed by atoms with E-state index in [1.165, 1.54) is 7.11 Å². The molecule has 0 N–H and O–H groups in total. The highest BCUT2D eigenvalue weighted by Crippen LogP contribution is 2.47. The van der Waals surface area contributed by atoms with Gasteiger partial charge in [0, 0.05) is 0 Å². The lowest BCUT2D eigenvalue weighted by Crippen LogP contribution is -2.73. The van der Waals surface area contributed by atoms with Gasteiger partial charge in [-0.25, -0.2) is 9.10 Å². The van der Waals surface area contributed by atoms with E-state index < -0.39 is 52.0 Å². The first-order valence-electron chi connectivity index (χ1n) is 19.9. The smallest absolute Gasteiger partial charge is 0.428 e. The number of methoxy groups -OCH3 is 1. The summed E-state index contributed by atoms with van der Waals surface area (Å²) in [6, 6.07) is 45.0. The van der Waals surface area contributed by atoms with Crippen LogP contribution in [0.5, 0.6) is 5.75 Å². The molecule has 5 aromatic carbocycles. The van der Waals surface area contributed by atoms with Crippen LogP contribution in [0, 0.1) is 0 Å². The van der Waals surface area contributed by atoms with E-state index in [0.29, 0.717) is 10.1 Å². The molecule has 0 aromatic heterocycles. The lowest BCUT2D eigenvalue weighted by Gasteiger charge is -2.52. The van der Waals surface area contributed by atoms with Crippen LogP contribution in [0.3, 0.4) is 0 Å². The highest BCUT2D eigenvalue weighted by Gasteiger charge is 2.70. The fourth-order valence-electron chi connectivity index (χ4n) is 7.40. The molecule has 2 heterocycles. The predicted molar refractivity (Wildman–Crippen MR) is 226 cm³/mol. The molecule has 5 aromatic rings. The first-order chi connectivity index (χ1) is 29.0. The zero-order chi connectivity index (χ0) is 42.2. The molecule has 0 unspecified atom stereocenters. The molecular formula is C47H52N2O10S. The summed E-state index contributed by atoms with van der Waals surface area (Å²) in [6.45, 7) is 5.10. The minimum Gasteiger partial charge on any atom is -0.497 e. The van der Waals surface area contributed by atoms with Crippen molar-refractivity contribution in [2.24, 2.45) is 0 Å². The van der Waals surface area contributed by atoms with E-state index in [4.69, 9.17) is 33.2 Å². The van der Waals surface area contributed by atoms with Crippen LogP contribution in [0.4, 0.5) is 10.5 Å². The summed E-state index contributed by atoms with van der Waals surface area (Å²) in [5.74, 6) is 0.524. The number of ether oxygens (including phenoxy) is 7. The number of nitrogens with zero attached hydrogens (tertiary/aromatic N) is 2. The zero-order valence-electron chi connectivity index (χ0n) is 34.3. The molecule has 7 rings (SSSR count). The molecule has 0 bridgehead atoms. The van der Waals surface area contributed by atoms with Crippen LogP contribution in [-0.2, 0) is 65.1 Å². The average molecular weight is 837 g/mol. The van der Waals surface area contributed by atoms with E-state index >= 15 is 8.42 Å². The maximum atomic E-state index is 15.1. The molecule has 2 saturated heterocycles. The molecular weight excluding hydrogens is 785 g/mol. The second-order valence-corrected chi connectivity index (χ2v) is 17.4. The number of hydrogen-bond acceptors (Lipinski definition) is 10. The number of benzene rings is 5. The fourth-order valence-corrected chi connectivity index (χ4v) is 9.15. The summed E-state index contributed by atoms with van der Waals surface area (Å²) in [4.78, 5) is 14.7. The zero-order valence-corrected chi connectivity index (χ0v) is 35.1. The number of anilines is 1. The first-order valence-corrected chi connectivity index (χ1v) is 21.3. The van der Waals surface area contributed by atoms with E-state index in [0.717, 1.165) is 26.6 Å². The molecule has 1 amide bonds. The van der Waals surface area contributed by atoms with E-state index in [1.807, 2.05) is 121 Å². The Labute approximate surface area is 352 Å². The Bertz CT molecular complexity index is 2230. The van der Waals surface area contributed by atoms with E-state index in [9.17, 15) is 4.79 Å². The summed E-state index contributed by atoms with van der Waals surface area (Å²) >= 11 is 0. The summed E-state index contributed by atoms with van der Waals surface area (Å²) in [5, 5.41) is 0. The van der Waals surface area contributed by atoms with Crippen molar-refractivity contribution in [3.63, 3.8) is 0 Å². The van der Waals surface area contributed by atoms with Gasteiger partial charge in [0.2, 0.25) is 5.72 Å². The monoisotopic (exact) mass is 836 g/mol.